The van der Waals surface area contributed by atoms with E-state index in [0.717, 1.165) is 12.0 Å². The van der Waals surface area contributed by atoms with Crippen LogP contribution in [0.4, 0.5) is 0 Å². The van der Waals surface area contributed by atoms with Gasteiger partial charge in [0.1, 0.15) is 6.04 Å². The van der Waals surface area contributed by atoms with E-state index in [2.05, 4.69) is 6.58 Å². The van der Waals surface area contributed by atoms with E-state index < -0.39 is 34.6 Å². The number of carboxylic acid groups (broad SMARTS) is 1. The summed E-state index contributed by atoms with van der Waals surface area (Å²) in [6, 6.07) is 8.32. The van der Waals surface area contributed by atoms with E-state index in [1.165, 1.54) is 11.8 Å². The van der Waals surface area contributed by atoms with Gasteiger partial charge in [0, 0.05) is 18.3 Å². The molecule has 0 radical (unpaired) electrons. The molecule has 1 spiro atoms. The molecule has 2 unspecified atom stereocenters. The molecular formula is C26H34N2O5S. The lowest BCUT2D eigenvalue weighted by molar-refractivity contribution is -0.150. The van der Waals surface area contributed by atoms with E-state index >= 15 is 0 Å². The third kappa shape index (κ3) is 3.85. The predicted octanol–water partition coefficient (Wildman–Crippen LogP) is 2.78. The van der Waals surface area contributed by atoms with Crippen molar-refractivity contribution in [2.24, 2.45) is 17.8 Å². The Bertz CT molecular complexity index is 956. The zero-order valence-electron chi connectivity index (χ0n) is 19.8. The van der Waals surface area contributed by atoms with Crippen molar-refractivity contribution in [3.8, 4) is 0 Å². The number of nitrogens with zero attached hydrogens (tertiary/aromatic N) is 2. The van der Waals surface area contributed by atoms with Crippen LogP contribution in [0.1, 0.15) is 38.7 Å². The fourth-order valence-corrected chi connectivity index (χ4v) is 8.38. The number of carboxylic acids is 1. The highest BCUT2D eigenvalue weighted by Crippen LogP contribution is 2.66. The summed E-state index contributed by atoms with van der Waals surface area (Å²) >= 11 is 1.52. The number of aliphatic hydroxyl groups excluding tert-OH is 1. The third-order valence-corrected chi connectivity index (χ3v) is 9.93. The molecule has 3 heterocycles. The lowest BCUT2D eigenvalue weighted by atomic mass is 9.71. The van der Waals surface area contributed by atoms with Crippen molar-refractivity contribution in [3.63, 3.8) is 0 Å². The summed E-state index contributed by atoms with van der Waals surface area (Å²) < 4.78 is -0.779. The first-order valence-corrected chi connectivity index (χ1v) is 13.0. The van der Waals surface area contributed by atoms with Crippen molar-refractivity contribution in [1.82, 2.24) is 9.80 Å². The zero-order chi connectivity index (χ0) is 24.6. The number of aliphatic carboxylic acids is 1. The van der Waals surface area contributed by atoms with Crippen LogP contribution in [0, 0.1) is 17.8 Å². The van der Waals surface area contributed by atoms with Gasteiger partial charge in [-0.2, -0.15) is 0 Å². The first-order valence-electron chi connectivity index (χ1n) is 12.1. The van der Waals surface area contributed by atoms with Crippen molar-refractivity contribution in [2.45, 2.75) is 61.7 Å². The molecule has 7 nitrogen and oxygen atoms in total. The van der Waals surface area contributed by atoms with E-state index in [-0.39, 0.29) is 29.6 Å². The minimum Gasteiger partial charge on any atom is -0.481 e. The molecule has 3 aliphatic rings. The molecule has 0 saturated carbocycles. The Hall–Kier alpha value is -2.32. The molecule has 2 N–H and O–H groups in total. The van der Waals surface area contributed by atoms with Gasteiger partial charge in [0.05, 0.1) is 29.2 Å². The summed E-state index contributed by atoms with van der Waals surface area (Å²) in [5.74, 6) is -3.04. The zero-order valence-corrected chi connectivity index (χ0v) is 20.6. The van der Waals surface area contributed by atoms with Gasteiger partial charge in [-0.1, -0.05) is 56.7 Å². The van der Waals surface area contributed by atoms with Crippen molar-refractivity contribution in [3.05, 3.63) is 48.6 Å². The molecule has 1 aromatic rings. The Morgan fingerprint density at radius 1 is 1.35 bits per heavy atom. The van der Waals surface area contributed by atoms with Crippen LogP contribution in [0.3, 0.4) is 0 Å². The number of aliphatic hydroxyl groups is 1. The maximum Gasteiger partial charge on any atom is 0.308 e. The van der Waals surface area contributed by atoms with Crippen LogP contribution in [-0.2, 0) is 20.9 Å². The maximum atomic E-state index is 14.3. The Morgan fingerprint density at radius 2 is 2.06 bits per heavy atom. The topological polar surface area (TPSA) is 98.2 Å². The molecule has 2 bridgehead atoms. The Morgan fingerprint density at radius 3 is 2.65 bits per heavy atom. The van der Waals surface area contributed by atoms with Crippen molar-refractivity contribution in [2.75, 3.05) is 13.2 Å². The van der Waals surface area contributed by atoms with Crippen molar-refractivity contribution < 1.29 is 24.6 Å². The molecule has 0 aromatic heterocycles. The average molecular weight is 487 g/mol. The minimum atomic E-state index is -0.971. The summed E-state index contributed by atoms with van der Waals surface area (Å²) in [6.45, 7) is 8.20. The van der Waals surface area contributed by atoms with Gasteiger partial charge in [-0.05, 0) is 24.3 Å². The standard InChI is InChI=1S/C26H34N2O5S/c1-4-13-27(14-17-9-7-6-8-10-17)24(31)22-26-12-11-19(34-26)20(25(32)33)21(26)23(30)28(22)18(15-29)16(3)5-2/h4,6-10,16,18-22,29H,1,5,11-15H2,2-3H3,(H,32,33)/t16-,18-,19+,20-,21-,22?,26?/m0/s1. The second-order valence-corrected chi connectivity index (χ2v) is 11.4. The molecule has 3 saturated heterocycles. The van der Waals surface area contributed by atoms with E-state index in [1.54, 1.807) is 15.9 Å². The second kappa shape index (κ2) is 9.74. The van der Waals surface area contributed by atoms with Crippen LogP contribution in [0.5, 0.6) is 0 Å². The number of benzene rings is 1. The van der Waals surface area contributed by atoms with E-state index in [0.29, 0.717) is 25.9 Å². The first kappa shape index (κ1) is 24.8. The van der Waals surface area contributed by atoms with E-state index in [9.17, 15) is 24.6 Å². The molecule has 1 aromatic carbocycles. The van der Waals surface area contributed by atoms with Crippen LogP contribution in [0.2, 0.25) is 0 Å². The monoisotopic (exact) mass is 486 g/mol. The van der Waals surface area contributed by atoms with E-state index in [1.807, 2.05) is 44.2 Å². The largest absolute Gasteiger partial charge is 0.481 e. The molecule has 0 aliphatic carbocycles. The highest BCUT2D eigenvalue weighted by Gasteiger charge is 2.74. The summed E-state index contributed by atoms with van der Waals surface area (Å²) in [5, 5.41) is 20.2. The molecule has 34 heavy (non-hydrogen) atoms. The summed E-state index contributed by atoms with van der Waals surface area (Å²) in [7, 11) is 0. The number of hydrogen-bond donors (Lipinski definition) is 2. The molecule has 4 rings (SSSR count). The average Bonchev–Trinajstić information content (AvgIpc) is 3.47. The van der Waals surface area contributed by atoms with Crippen LogP contribution < -0.4 is 0 Å². The molecule has 3 fully saturated rings. The highest BCUT2D eigenvalue weighted by molar-refractivity contribution is 8.02. The highest BCUT2D eigenvalue weighted by atomic mass is 32.2. The molecule has 2 amide bonds. The summed E-state index contributed by atoms with van der Waals surface area (Å²) in [5.41, 5.74) is 0.968. The number of likely N-dealkylation sites (tertiary alicyclic amines) is 1. The maximum absolute atomic E-state index is 14.3. The van der Waals surface area contributed by atoms with Crippen molar-refractivity contribution >= 4 is 29.5 Å². The van der Waals surface area contributed by atoms with Crippen LogP contribution in [0.15, 0.2) is 43.0 Å². The van der Waals surface area contributed by atoms with Gasteiger partial charge in [-0.25, -0.2) is 0 Å². The predicted molar refractivity (Wildman–Crippen MR) is 131 cm³/mol. The number of hydrogen-bond acceptors (Lipinski definition) is 5. The molecule has 8 heteroatoms. The molecule has 7 atom stereocenters. The van der Waals surface area contributed by atoms with Crippen LogP contribution in [-0.4, -0.2) is 73.0 Å². The normalized spacial score (nSPS) is 31.3. The number of thioether (sulfide) groups is 1. The van der Waals surface area contributed by atoms with Gasteiger partial charge in [0.2, 0.25) is 11.8 Å². The van der Waals surface area contributed by atoms with Gasteiger partial charge in [-0.3, -0.25) is 14.4 Å². The summed E-state index contributed by atoms with van der Waals surface area (Å²) in [6.07, 6.45) is 3.71. The van der Waals surface area contributed by atoms with Gasteiger partial charge in [0.15, 0.2) is 0 Å². The molecule has 184 valence electrons. The van der Waals surface area contributed by atoms with Gasteiger partial charge >= 0.3 is 5.97 Å². The molecular weight excluding hydrogens is 452 g/mol. The second-order valence-electron chi connectivity index (χ2n) is 9.77. The first-order chi connectivity index (χ1) is 16.3. The molecule has 3 aliphatic heterocycles. The number of rotatable bonds is 10. The quantitative estimate of drug-likeness (QED) is 0.494. The Balaban J connectivity index is 1.78. The minimum absolute atomic E-state index is 0.0352. The lowest BCUT2D eigenvalue weighted by Gasteiger charge is -2.41. The number of fused-ring (bicyclic) bond motifs is 1. The number of carbonyl (C=O) groups excluding carboxylic acids is 2. The fourth-order valence-electron chi connectivity index (χ4n) is 6.19. The number of amides is 2. The SMILES string of the molecule is C=CCN(Cc1ccccc1)C(=O)C1N([C@@H](CO)[C@@H](C)CC)C(=O)[C@@H]2[C@@H](C(=O)O)[C@H]3CCC12S3. The fraction of sp³-hybridized carbons (Fsp3) is 0.577. The third-order valence-electron chi connectivity index (χ3n) is 7.98. The number of carbonyl (C=O) groups is 3. The Labute approximate surface area is 205 Å². The van der Waals surface area contributed by atoms with Crippen LogP contribution >= 0.6 is 11.8 Å². The van der Waals surface area contributed by atoms with Gasteiger partial charge < -0.3 is 20.0 Å². The van der Waals surface area contributed by atoms with E-state index in [4.69, 9.17) is 0 Å². The Kier molecular flexibility index (Phi) is 7.10. The smallest absolute Gasteiger partial charge is 0.308 e. The van der Waals surface area contributed by atoms with Gasteiger partial charge in [0.25, 0.3) is 0 Å². The lowest BCUT2D eigenvalue weighted by Crippen LogP contribution is -2.58. The van der Waals surface area contributed by atoms with Crippen LogP contribution in [0.25, 0.3) is 0 Å². The summed E-state index contributed by atoms with van der Waals surface area (Å²) in [4.78, 5) is 43.7. The van der Waals surface area contributed by atoms with Gasteiger partial charge in [-0.15, -0.1) is 18.3 Å². The van der Waals surface area contributed by atoms with Crippen molar-refractivity contribution in [1.29, 1.82) is 0 Å².